The molecule has 0 fully saturated rings. The average Bonchev–Trinajstić information content (AvgIpc) is 3.61. The van der Waals surface area contributed by atoms with E-state index in [-0.39, 0.29) is 12.1 Å². The number of thiophene rings is 1. The van der Waals surface area contributed by atoms with Crippen LogP contribution < -0.4 is 19.7 Å². The van der Waals surface area contributed by atoms with E-state index in [0.717, 1.165) is 4.90 Å². The maximum absolute atomic E-state index is 14.1. The van der Waals surface area contributed by atoms with Crippen LogP contribution in [-0.4, -0.2) is 49.2 Å². The quantitative estimate of drug-likeness (QED) is 0.266. The van der Waals surface area contributed by atoms with E-state index in [0.29, 0.717) is 33.3 Å². The zero-order valence-corrected chi connectivity index (χ0v) is 23.5. The lowest BCUT2D eigenvalue weighted by molar-refractivity contribution is -0.138. The predicted octanol–water partition coefficient (Wildman–Crippen LogP) is 4.84. The van der Waals surface area contributed by atoms with E-state index in [1.807, 2.05) is 0 Å². The van der Waals surface area contributed by atoms with Gasteiger partial charge in [-0.15, -0.1) is 11.3 Å². The topological polar surface area (TPSA) is 105 Å². The van der Waals surface area contributed by atoms with Crippen molar-refractivity contribution < 1.29 is 33.0 Å². The molecule has 11 heteroatoms. The van der Waals surface area contributed by atoms with Crippen LogP contribution in [0.5, 0.6) is 11.5 Å². The highest BCUT2D eigenvalue weighted by Gasteiger charge is 2.39. The van der Waals surface area contributed by atoms with E-state index in [1.165, 1.54) is 60.8 Å². The van der Waals surface area contributed by atoms with Crippen molar-refractivity contribution in [2.75, 3.05) is 31.0 Å². The van der Waals surface area contributed by atoms with Crippen LogP contribution in [0.4, 0.5) is 15.8 Å². The second kappa shape index (κ2) is 12.2. The van der Waals surface area contributed by atoms with Gasteiger partial charge in [0.25, 0.3) is 17.6 Å². The van der Waals surface area contributed by atoms with Gasteiger partial charge >= 0.3 is 0 Å². The molecule has 5 rings (SSSR count). The van der Waals surface area contributed by atoms with E-state index in [4.69, 9.17) is 9.47 Å². The van der Waals surface area contributed by atoms with E-state index in [2.05, 4.69) is 5.32 Å². The van der Waals surface area contributed by atoms with Gasteiger partial charge < -0.3 is 19.7 Å². The molecule has 1 aliphatic heterocycles. The number of amides is 3. The van der Waals surface area contributed by atoms with Gasteiger partial charge in [-0.2, -0.15) is 0 Å². The van der Waals surface area contributed by atoms with Gasteiger partial charge in [0.2, 0.25) is 5.91 Å². The summed E-state index contributed by atoms with van der Waals surface area (Å²) in [4.78, 5) is 56.5. The lowest BCUT2D eigenvalue weighted by atomic mass is 10.1. The summed E-state index contributed by atoms with van der Waals surface area (Å²) in [6.45, 7) is -0.559. The lowest BCUT2D eigenvalue weighted by Crippen LogP contribution is -2.46. The summed E-state index contributed by atoms with van der Waals surface area (Å²) >= 11 is 1.28. The highest BCUT2D eigenvalue weighted by molar-refractivity contribution is 7.10. The van der Waals surface area contributed by atoms with Crippen molar-refractivity contribution in [3.05, 3.63) is 106 Å². The standard InChI is InChI=1S/C31H26FN3O6S/c1-40-21-13-14-23(25(16-21)41-2)33-30(38)28(26-8-5-15-42-26)35(17-19-9-11-20(32)12-10-19)27(36)18-34-24-7-4-3-6-22(24)29(37)31(34)39/h3-16,28H,17-18H2,1-2H3,(H,33,38). The summed E-state index contributed by atoms with van der Waals surface area (Å²) in [7, 11) is 2.97. The smallest absolute Gasteiger partial charge is 0.299 e. The Morgan fingerprint density at radius 3 is 2.43 bits per heavy atom. The normalized spacial score (nSPS) is 13.0. The highest BCUT2D eigenvalue weighted by Crippen LogP contribution is 2.34. The first-order chi connectivity index (χ1) is 20.3. The Kier molecular flexibility index (Phi) is 8.30. The molecule has 1 unspecified atom stereocenters. The van der Waals surface area contributed by atoms with Crippen LogP contribution >= 0.6 is 11.3 Å². The largest absolute Gasteiger partial charge is 0.497 e. The molecule has 1 aromatic heterocycles. The van der Waals surface area contributed by atoms with Gasteiger partial charge in [0.05, 0.1) is 31.2 Å². The molecule has 0 spiro atoms. The van der Waals surface area contributed by atoms with E-state index < -0.39 is 41.9 Å². The third-order valence-corrected chi connectivity index (χ3v) is 7.72. The maximum atomic E-state index is 14.1. The molecule has 1 aliphatic rings. The van der Waals surface area contributed by atoms with Crippen LogP contribution in [0.2, 0.25) is 0 Å². The fraction of sp³-hybridized carbons (Fsp3) is 0.161. The molecular weight excluding hydrogens is 561 g/mol. The Morgan fingerprint density at radius 1 is 0.976 bits per heavy atom. The third kappa shape index (κ3) is 5.72. The number of benzene rings is 3. The number of carbonyl (C=O) groups is 4. The van der Waals surface area contributed by atoms with Crippen LogP contribution in [0.25, 0.3) is 0 Å². The number of Topliss-reactive ketones (excluding diaryl/α,β-unsaturated/α-hetero) is 1. The van der Waals surface area contributed by atoms with Crippen molar-refractivity contribution in [2.24, 2.45) is 0 Å². The molecule has 3 amide bonds. The molecule has 9 nitrogen and oxygen atoms in total. The number of anilines is 2. The van der Waals surface area contributed by atoms with Crippen LogP contribution in [0.3, 0.4) is 0 Å². The number of nitrogens with zero attached hydrogens (tertiary/aromatic N) is 2. The van der Waals surface area contributed by atoms with Crippen molar-refractivity contribution in [1.82, 2.24) is 4.90 Å². The fourth-order valence-corrected chi connectivity index (χ4v) is 5.55. The number of hydrogen-bond acceptors (Lipinski definition) is 7. The average molecular weight is 588 g/mol. The van der Waals surface area contributed by atoms with Gasteiger partial charge in [-0.25, -0.2) is 4.39 Å². The molecule has 0 saturated carbocycles. The summed E-state index contributed by atoms with van der Waals surface area (Å²) in [6, 6.07) is 19.2. The molecule has 2 heterocycles. The predicted molar refractivity (Wildman–Crippen MR) is 155 cm³/mol. The fourth-order valence-electron chi connectivity index (χ4n) is 4.72. The van der Waals surface area contributed by atoms with E-state index in [1.54, 1.807) is 53.9 Å². The Morgan fingerprint density at radius 2 is 1.74 bits per heavy atom. The number of halogens is 1. The van der Waals surface area contributed by atoms with Gasteiger partial charge in [0.1, 0.15) is 29.9 Å². The SMILES string of the molecule is COc1ccc(NC(=O)C(c2cccs2)N(Cc2ccc(F)cc2)C(=O)CN2C(=O)C(=O)c3ccccc32)c(OC)c1. The number of ether oxygens (including phenoxy) is 2. The molecule has 3 aromatic carbocycles. The van der Waals surface area contributed by atoms with E-state index in [9.17, 15) is 23.6 Å². The van der Waals surface area contributed by atoms with Gasteiger partial charge in [-0.05, 0) is 53.4 Å². The zero-order valence-electron chi connectivity index (χ0n) is 22.7. The molecule has 0 saturated heterocycles. The lowest BCUT2D eigenvalue weighted by Gasteiger charge is -2.32. The number of para-hydroxylation sites is 1. The summed E-state index contributed by atoms with van der Waals surface area (Å²) in [6.07, 6.45) is 0. The monoisotopic (exact) mass is 587 g/mol. The molecule has 0 aliphatic carbocycles. The van der Waals surface area contributed by atoms with Crippen molar-refractivity contribution in [3.63, 3.8) is 0 Å². The number of methoxy groups -OCH3 is 2. The second-order valence-electron chi connectivity index (χ2n) is 9.36. The first kappa shape index (κ1) is 28.5. The minimum absolute atomic E-state index is 0.0769. The van der Waals surface area contributed by atoms with Crippen LogP contribution in [0, 0.1) is 5.82 Å². The first-order valence-corrected chi connectivity index (χ1v) is 13.7. The van der Waals surface area contributed by atoms with Crippen molar-refractivity contribution in [3.8, 4) is 11.5 Å². The minimum Gasteiger partial charge on any atom is -0.497 e. The highest BCUT2D eigenvalue weighted by atomic mass is 32.1. The number of fused-ring (bicyclic) bond motifs is 1. The summed E-state index contributed by atoms with van der Waals surface area (Å²) in [5, 5.41) is 4.64. The second-order valence-corrected chi connectivity index (χ2v) is 10.3. The summed E-state index contributed by atoms with van der Waals surface area (Å²) < 4.78 is 24.4. The summed E-state index contributed by atoms with van der Waals surface area (Å²) in [5.74, 6) is -2.24. The van der Waals surface area contributed by atoms with Crippen molar-refractivity contribution in [1.29, 1.82) is 0 Å². The Labute approximate surface area is 245 Å². The van der Waals surface area contributed by atoms with Crippen LogP contribution in [0.15, 0.2) is 84.2 Å². The van der Waals surface area contributed by atoms with Gasteiger partial charge in [-0.1, -0.05) is 30.3 Å². The Hall–Kier alpha value is -5.03. The number of hydrogen-bond donors (Lipinski definition) is 1. The molecule has 0 radical (unpaired) electrons. The summed E-state index contributed by atoms with van der Waals surface area (Å²) in [5.41, 5.74) is 1.45. The molecular formula is C31H26FN3O6S. The third-order valence-electron chi connectivity index (χ3n) is 6.80. The molecule has 1 N–H and O–H groups in total. The van der Waals surface area contributed by atoms with E-state index >= 15 is 0 Å². The molecule has 42 heavy (non-hydrogen) atoms. The number of carbonyl (C=O) groups excluding carboxylic acids is 4. The molecule has 4 aromatic rings. The number of ketones is 1. The van der Waals surface area contributed by atoms with Crippen molar-refractivity contribution >= 4 is 46.2 Å². The number of rotatable bonds is 10. The Balaban J connectivity index is 1.52. The molecule has 0 bridgehead atoms. The van der Waals surface area contributed by atoms with Crippen molar-refractivity contribution in [2.45, 2.75) is 12.6 Å². The zero-order chi connectivity index (χ0) is 29.8. The molecule has 1 atom stereocenters. The first-order valence-electron chi connectivity index (χ1n) is 12.9. The maximum Gasteiger partial charge on any atom is 0.299 e. The van der Waals surface area contributed by atoms with Crippen LogP contribution in [0.1, 0.15) is 26.8 Å². The Bertz CT molecular complexity index is 1640. The minimum atomic E-state index is -1.14. The molecule has 214 valence electrons. The van der Waals surface area contributed by atoms with Gasteiger partial charge in [0, 0.05) is 17.5 Å². The number of nitrogens with one attached hydrogen (secondary N) is 1. The van der Waals surface area contributed by atoms with Gasteiger partial charge in [0.15, 0.2) is 0 Å². The van der Waals surface area contributed by atoms with Gasteiger partial charge in [-0.3, -0.25) is 24.1 Å². The van der Waals surface area contributed by atoms with Crippen LogP contribution in [-0.2, 0) is 20.9 Å².